The Balaban J connectivity index is 1.52. The molecule has 0 saturated heterocycles. The molecule has 26 heavy (non-hydrogen) atoms. The highest BCUT2D eigenvalue weighted by Crippen LogP contribution is 2.22. The van der Waals surface area contributed by atoms with Crippen molar-refractivity contribution in [2.45, 2.75) is 33.0 Å². The number of nitrogen functional groups attached to an aromatic ring is 1. The molecule has 0 aliphatic rings. The lowest BCUT2D eigenvalue weighted by Gasteiger charge is -2.07. The summed E-state index contributed by atoms with van der Waals surface area (Å²) in [6.45, 7) is 4.05. The molecule has 0 radical (unpaired) electrons. The van der Waals surface area contributed by atoms with E-state index in [4.69, 9.17) is 15.3 Å². The van der Waals surface area contributed by atoms with Crippen LogP contribution in [0.15, 0.2) is 55.0 Å². The van der Waals surface area contributed by atoms with E-state index in [1.165, 1.54) is 10.4 Å². The lowest BCUT2D eigenvalue weighted by atomic mass is 10.1. The smallest absolute Gasteiger partial charge is 0.142 e. The first-order chi connectivity index (χ1) is 12.8. The van der Waals surface area contributed by atoms with Gasteiger partial charge in [0.2, 0.25) is 0 Å². The van der Waals surface area contributed by atoms with Crippen molar-refractivity contribution >= 4 is 5.82 Å². The van der Waals surface area contributed by atoms with Gasteiger partial charge in [-0.15, -0.1) is 9.94 Å². The standard InChI is InChI=1S/C20H24N4O2/c1-2-3-11-25-14-16-6-8-17(9-7-16)15-26-24-13-18(12-23-24)19-5-4-10-22-20(19)21/h4-10,12-13H,2-3,11,14-15H2,1H3,(H2,21,22). The largest absolute Gasteiger partial charge is 0.392 e. The van der Waals surface area contributed by atoms with Crippen molar-refractivity contribution in [1.82, 2.24) is 14.9 Å². The fourth-order valence-electron chi connectivity index (χ4n) is 2.48. The van der Waals surface area contributed by atoms with Crippen LogP contribution in [0.1, 0.15) is 30.9 Å². The average Bonchev–Trinajstić information content (AvgIpc) is 3.14. The first-order valence-corrected chi connectivity index (χ1v) is 8.80. The van der Waals surface area contributed by atoms with E-state index >= 15 is 0 Å². The third kappa shape index (κ3) is 4.83. The van der Waals surface area contributed by atoms with Crippen molar-refractivity contribution < 1.29 is 9.57 Å². The normalized spacial score (nSPS) is 10.8. The summed E-state index contributed by atoms with van der Waals surface area (Å²) in [5.74, 6) is 0.476. The van der Waals surface area contributed by atoms with Gasteiger partial charge in [-0.05, 0) is 29.7 Å². The fourth-order valence-corrected chi connectivity index (χ4v) is 2.48. The Kier molecular flexibility index (Phi) is 6.22. The van der Waals surface area contributed by atoms with Gasteiger partial charge in [0.1, 0.15) is 12.4 Å². The lowest BCUT2D eigenvalue weighted by Crippen LogP contribution is -2.11. The number of anilines is 1. The minimum Gasteiger partial charge on any atom is -0.392 e. The molecule has 6 heteroatoms. The van der Waals surface area contributed by atoms with Gasteiger partial charge in [-0.1, -0.05) is 37.6 Å². The second-order valence-electron chi connectivity index (χ2n) is 6.06. The Bertz CT molecular complexity index is 815. The third-order valence-electron chi connectivity index (χ3n) is 4.01. The van der Waals surface area contributed by atoms with E-state index < -0.39 is 0 Å². The molecule has 0 amide bonds. The Morgan fingerprint density at radius 1 is 1.08 bits per heavy atom. The number of nitrogens with zero attached hydrogens (tertiary/aromatic N) is 3. The molecule has 0 aliphatic heterocycles. The van der Waals surface area contributed by atoms with Crippen LogP contribution in [0.5, 0.6) is 0 Å². The zero-order chi connectivity index (χ0) is 18.2. The predicted octanol–water partition coefficient (Wildman–Crippen LogP) is 3.47. The molecule has 0 fully saturated rings. The van der Waals surface area contributed by atoms with Crippen LogP contribution < -0.4 is 10.6 Å². The Hall–Kier alpha value is -2.86. The number of ether oxygens (including phenoxy) is 1. The molecule has 0 aliphatic carbocycles. The van der Waals surface area contributed by atoms with Gasteiger partial charge in [-0.25, -0.2) is 4.98 Å². The van der Waals surface area contributed by atoms with Crippen LogP contribution in [0, 0.1) is 0 Å². The summed E-state index contributed by atoms with van der Waals surface area (Å²) >= 11 is 0. The van der Waals surface area contributed by atoms with Crippen LogP contribution in [0.25, 0.3) is 11.1 Å². The maximum Gasteiger partial charge on any atom is 0.142 e. The Morgan fingerprint density at radius 3 is 2.58 bits per heavy atom. The van der Waals surface area contributed by atoms with E-state index in [1.807, 2.05) is 24.3 Å². The summed E-state index contributed by atoms with van der Waals surface area (Å²) in [6, 6.07) is 12.0. The molecule has 1 aromatic carbocycles. The minimum atomic E-state index is 0.431. The molecule has 2 N–H and O–H groups in total. The molecule has 0 bridgehead atoms. The van der Waals surface area contributed by atoms with Crippen molar-refractivity contribution in [2.75, 3.05) is 12.3 Å². The maximum absolute atomic E-state index is 5.89. The van der Waals surface area contributed by atoms with E-state index in [0.717, 1.165) is 36.1 Å². The number of aromatic nitrogens is 3. The van der Waals surface area contributed by atoms with E-state index in [9.17, 15) is 0 Å². The summed E-state index contributed by atoms with van der Waals surface area (Å²) < 4.78 is 5.62. The molecule has 6 nitrogen and oxygen atoms in total. The first-order valence-electron chi connectivity index (χ1n) is 8.80. The molecule has 3 aromatic rings. The van der Waals surface area contributed by atoms with Crippen molar-refractivity contribution in [1.29, 1.82) is 0 Å². The van der Waals surface area contributed by atoms with E-state index in [0.29, 0.717) is 19.0 Å². The van der Waals surface area contributed by atoms with Gasteiger partial charge < -0.3 is 15.3 Å². The highest BCUT2D eigenvalue weighted by Gasteiger charge is 2.06. The molecule has 2 heterocycles. The number of hydrogen-bond acceptors (Lipinski definition) is 5. The van der Waals surface area contributed by atoms with Crippen LogP contribution in [-0.4, -0.2) is 21.5 Å². The van der Waals surface area contributed by atoms with Gasteiger partial charge in [0.15, 0.2) is 0 Å². The van der Waals surface area contributed by atoms with E-state index in [1.54, 1.807) is 18.6 Å². The molecule has 0 unspecified atom stereocenters. The summed E-state index contributed by atoms with van der Waals surface area (Å²) in [7, 11) is 0. The van der Waals surface area contributed by atoms with E-state index in [-0.39, 0.29) is 0 Å². The summed E-state index contributed by atoms with van der Waals surface area (Å²) in [5.41, 5.74) is 9.84. The lowest BCUT2D eigenvalue weighted by molar-refractivity contribution is 0.0701. The second kappa shape index (κ2) is 9.01. The number of benzene rings is 1. The monoisotopic (exact) mass is 352 g/mol. The number of pyridine rings is 1. The fraction of sp³-hybridized carbons (Fsp3) is 0.300. The van der Waals surface area contributed by atoms with Crippen LogP contribution >= 0.6 is 0 Å². The van der Waals surface area contributed by atoms with Gasteiger partial charge in [-0.2, -0.15) is 0 Å². The highest BCUT2D eigenvalue weighted by molar-refractivity contribution is 5.72. The number of unbranched alkanes of at least 4 members (excludes halogenated alkanes) is 1. The predicted molar refractivity (Wildman–Crippen MR) is 101 cm³/mol. The zero-order valence-electron chi connectivity index (χ0n) is 15.0. The SMILES string of the molecule is CCCCOCc1ccc(COn2cc(-c3cccnc3N)cn2)cc1. The molecule has 136 valence electrons. The zero-order valence-corrected chi connectivity index (χ0v) is 15.0. The van der Waals surface area contributed by atoms with E-state index in [2.05, 4.69) is 29.1 Å². The van der Waals surface area contributed by atoms with Crippen LogP contribution in [0.2, 0.25) is 0 Å². The van der Waals surface area contributed by atoms with Crippen LogP contribution in [0.4, 0.5) is 5.82 Å². The van der Waals surface area contributed by atoms with Crippen LogP contribution in [-0.2, 0) is 18.0 Å². The number of hydrogen-bond donors (Lipinski definition) is 1. The maximum atomic E-state index is 5.89. The van der Waals surface area contributed by atoms with Gasteiger partial charge in [-0.3, -0.25) is 0 Å². The number of rotatable bonds is 9. The van der Waals surface area contributed by atoms with Crippen molar-refractivity contribution in [3.05, 3.63) is 66.1 Å². The third-order valence-corrected chi connectivity index (χ3v) is 4.01. The van der Waals surface area contributed by atoms with Gasteiger partial charge in [0.25, 0.3) is 0 Å². The highest BCUT2D eigenvalue weighted by atomic mass is 16.7. The minimum absolute atomic E-state index is 0.431. The molecule has 3 rings (SSSR count). The topological polar surface area (TPSA) is 75.2 Å². The van der Waals surface area contributed by atoms with Crippen LogP contribution in [0.3, 0.4) is 0 Å². The Labute approximate surface area is 153 Å². The molecule has 2 aromatic heterocycles. The molecular weight excluding hydrogens is 328 g/mol. The Morgan fingerprint density at radius 2 is 1.85 bits per heavy atom. The average molecular weight is 352 g/mol. The van der Waals surface area contributed by atoms with Crippen molar-refractivity contribution in [3.63, 3.8) is 0 Å². The molecule has 0 saturated carbocycles. The van der Waals surface area contributed by atoms with Gasteiger partial charge in [0, 0.05) is 23.9 Å². The van der Waals surface area contributed by atoms with Crippen molar-refractivity contribution in [3.8, 4) is 11.1 Å². The summed E-state index contributed by atoms with van der Waals surface area (Å²) in [6.07, 6.45) is 7.42. The first kappa shape index (κ1) is 17.9. The summed E-state index contributed by atoms with van der Waals surface area (Å²) in [5, 5.41) is 4.22. The van der Waals surface area contributed by atoms with Crippen molar-refractivity contribution in [2.24, 2.45) is 0 Å². The molecule has 0 atom stereocenters. The van der Waals surface area contributed by atoms with Gasteiger partial charge in [0.05, 0.1) is 19.0 Å². The number of nitrogens with two attached hydrogens (primary N) is 1. The molecule has 0 spiro atoms. The quantitative estimate of drug-likeness (QED) is 0.597. The molecular formula is C20H24N4O2. The van der Waals surface area contributed by atoms with Gasteiger partial charge >= 0.3 is 0 Å². The second-order valence-corrected chi connectivity index (χ2v) is 6.06. The summed E-state index contributed by atoms with van der Waals surface area (Å²) in [4.78, 5) is 11.2.